The molecule has 1 heterocycles. The van der Waals surface area contributed by atoms with Crippen LogP contribution in [0.4, 0.5) is 5.69 Å². The van der Waals surface area contributed by atoms with Crippen molar-refractivity contribution >= 4 is 33.3 Å². The van der Waals surface area contributed by atoms with Crippen LogP contribution in [0.15, 0.2) is 85.1 Å². The zero-order valence-electron chi connectivity index (χ0n) is 32.4. The van der Waals surface area contributed by atoms with Crippen molar-refractivity contribution in [3.05, 3.63) is 118 Å². The number of rotatable bonds is 16. The van der Waals surface area contributed by atoms with E-state index in [1.807, 2.05) is 60.8 Å². The Morgan fingerprint density at radius 3 is 2.59 bits per heavy atom. The average molecular weight is 800 g/mol. The van der Waals surface area contributed by atoms with E-state index in [0.717, 1.165) is 49.1 Å². The van der Waals surface area contributed by atoms with Crippen LogP contribution in [0.3, 0.4) is 0 Å². The number of fused-ring (bicyclic) bond motifs is 3. The number of carbonyl (C=O) groups is 1. The number of halogens is 1. The van der Waals surface area contributed by atoms with Crippen molar-refractivity contribution in [3.63, 3.8) is 0 Å². The van der Waals surface area contributed by atoms with Gasteiger partial charge in [-0.15, -0.1) is 0 Å². The standard InChI is InChI=1S/C45H54ClN3O6S/c1-31(30-55-41-17-22-47-40-14-6-9-32(2)42(40)41)25-35-26-34-15-16-38(54-23-8-24-56(52,53)48-29-33-10-4-3-5-11-33)28-39(34)44(35)18-20-45(21-19-44,43(50)51)49-37-13-7-12-36(46)27-37/h3-5,7,10-13,15-17,22,27-28,31-32,35,48-49H,6,8-9,14,18-21,23-26,29-30H2,1-2H3,(H,50,51)/t31-,32-,35+,44?,45?/m1/s1. The van der Waals surface area contributed by atoms with Crippen LogP contribution in [0, 0.1) is 11.8 Å². The number of hydrogen-bond acceptors (Lipinski definition) is 7. The second-order valence-corrected chi connectivity index (χ2v) is 18.7. The molecule has 1 aromatic heterocycles. The topological polar surface area (TPSA) is 127 Å². The fourth-order valence-corrected chi connectivity index (χ4v) is 10.7. The van der Waals surface area contributed by atoms with Gasteiger partial charge in [0.05, 0.1) is 19.0 Å². The maximum Gasteiger partial charge on any atom is 0.329 e. The molecule has 3 atom stereocenters. The summed E-state index contributed by atoms with van der Waals surface area (Å²) < 4.78 is 40.9. The summed E-state index contributed by atoms with van der Waals surface area (Å²) in [5, 5.41) is 14.6. The predicted octanol–water partition coefficient (Wildman–Crippen LogP) is 9.09. The maximum absolute atomic E-state index is 13.0. The number of ether oxygens (including phenoxy) is 2. The van der Waals surface area contributed by atoms with Gasteiger partial charge in [-0.2, -0.15) is 0 Å². The van der Waals surface area contributed by atoms with Gasteiger partial charge < -0.3 is 19.9 Å². The van der Waals surface area contributed by atoms with Crippen molar-refractivity contribution in [2.24, 2.45) is 11.8 Å². The third kappa shape index (κ3) is 9.03. The molecule has 0 radical (unpaired) electrons. The van der Waals surface area contributed by atoms with Crippen LogP contribution in [-0.4, -0.2) is 49.0 Å². The number of sulfonamides is 1. The van der Waals surface area contributed by atoms with Gasteiger partial charge in [-0.05, 0) is 140 Å². The van der Waals surface area contributed by atoms with Gasteiger partial charge in [0.15, 0.2) is 0 Å². The van der Waals surface area contributed by atoms with Gasteiger partial charge >= 0.3 is 5.97 Å². The van der Waals surface area contributed by atoms with Gasteiger partial charge in [0.25, 0.3) is 0 Å². The van der Waals surface area contributed by atoms with Crippen molar-refractivity contribution in [2.45, 2.75) is 101 Å². The van der Waals surface area contributed by atoms with Crippen LogP contribution in [0.1, 0.15) is 99.1 Å². The quantitative estimate of drug-likeness (QED) is 0.0959. The SMILES string of the molecule is C[C@@H](COc1ccnc2c1[C@H](C)CCC2)C[C@H]1Cc2ccc(OCCCS(=O)(=O)NCc3ccccc3)cc2C12CCC(Nc1cccc(Cl)c1)(C(=O)O)CC2. The molecular weight excluding hydrogens is 746 g/mol. The van der Waals surface area contributed by atoms with E-state index in [1.54, 1.807) is 12.1 Å². The number of anilines is 1. The summed E-state index contributed by atoms with van der Waals surface area (Å²) in [7, 11) is -3.46. The normalized spacial score (nSPS) is 23.6. The Morgan fingerprint density at radius 2 is 1.82 bits per heavy atom. The fourth-order valence-electron chi connectivity index (χ4n) is 9.47. The highest BCUT2D eigenvalue weighted by molar-refractivity contribution is 7.89. The van der Waals surface area contributed by atoms with Crippen LogP contribution < -0.4 is 19.5 Å². The van der Waals surface area contributed by atoms with Gasteiger partial charge in [-0.3, -0.25) is 4.98 Å². The smallest absolute Gasteiger partial charge is 0.329 e. The van der Waals surface area contributed by atoms with Gasteiger partial charge in [0, 0.05) is 34.7 Å². The van der Waals surface area contributed by atoms with Gasteiger partial charge in [0.1, 0.15) is 17.0 Å². The number of aryl methyl sites for hydroxylation is 1. The first-order chi connectivity index (χ1) is 27.0. The summed E-state index contributed by atoms with van der Waals surface area (Å²) in [6.07, 6.45) is 9.65. The molecule has 11 heteroatoms. The fraction of sp³-hybridized carbons (Fsp3) is 0.467. The van der Waals surface area contributed by atoms with Crippen molar-refractivity contribution in [1.29, 1.82) is 0 Å². The average Bonchev–Trinajstić information content (AvgIpc) is 3.47. The molecule has 3 aliphatic carbocycles. The number of pyridine rings is 1. The maximum atomic E-state index is 13.0. The van der Waals surface area contributed by atoms with E-state index in [1.165, 1.54) is 16.7 Å². The number of nitrogens with one attached hydrogen (secondary N) is 2. The largest absolute Gasteiger partial charge is 0.494 e. The number of aliphatic carboxylic acids is 1. The molecule has 56 heavy (non-hydrogen) atoms. The van der Waals surface area contributed by atoms with Crippen molar-refractivity contribution in [2.75, 3.05) is 24.3 Å². The molecule has 298 valence electrons. The van der Waals surface area contributed by atoms with Crippen molar-refractivity contribution < 1.29 is 27.8 Å². The first-order valence-corrected chi connectivity index (χ1v) is 22.1. The molecule has 3 aromatic carbocycles. The molecule has 0 aliphatic heterocycles. The molecule has 3 aliphatic rings. The first-order valence-electron chi connectivity index (χ1n) is 20.1. The minimum Gasteiger partial charge on any atom is -0.494 e. The summed E-state index contributed by atoms with van der Waals surface area (Å²) in [4.78, 5) is 17.7. The van der Waals surface area contributed by atoms with E-state index >= 15 is 0 Å². The molecule has 4 aromatic rings. The third-order valence-electron chi connectivity index (χ3n) is 12.4. The second kappa shape index (κ2) is 17.2. The highest BCUT2D eigenvalue weighted by atomic mass is 35.5. The Hall–Kier alpha value is -4.12. The van der Waals surface area contributed by atoms with E-state index in [0.29, 0.717) is 61.1 Å². The number of hydrogen-bond donors (Lipinski definition) is 3. The zero-order valence-corrected chi connectivity index (χ0v) is 34.0. The van der Waals surface area contributed by atoms with Crippen LogP contribution >= 0.6 is 11.6 Å². The summed E-state index contributed by atoms with van der Waals surface area (Å²) in [5.74, 6) is 1.75. The summed E-state index contributed by atoms with van der Waals surface area (Å²) in [6, 6.07) is 25.0. The second-order valence-electron chi connectivity index (χ2n) is 16.3. The summed E-state index contributed by atoms with van der Waals surface area (Å²) >= 11 is 6.29. The molecule has 7 rings (SSSR count). The lowest BCUT2D eigenvalue weighted by Gasteiger charge is -2.47. The summed E-state index contributed by atoms with van der Waals surface area (Å²) in [6.45, 7) is 5.64. The molecule has 0 bridgehead atoms. The number of aromatic nitrogens is 1. The molecule has 0 saturated heterocycles. The van der Waals surface area contributed by atoms with E-state index in [-0.39, 0.29) is 36.2 Å². The van der Waals surface area contributed by atoms with Crippen LogP contribution in [0.2, 0.25) is 5.02 Å². The first kappa shape index (κ1) is 40.1. The number of benzene rings is 3. The van der Waals surface area contributed by atoms with Crippen molar-refractivity contribution in [1.82, 2.24) is 9.71 Å². The van der Waals surface area contributed by atoms with E-state index in [4.69, 9.17) is 21.1 Å². The summed E-state index contributed by atoms with van der Waals surface area (Å²) in [5.41, 5.74) is 5.16. The van der Waals surface area contributed by atoms with E-state index < -0.39 is 21.5 Å². The molecule has 1 fully saturated rings. The number of carboxylic acids is 1. The van der Waals surface area contributed by atoms with Gasteiger partial charge in [0.2, 0.25) is 10.0 Å². The lowest BCUT2D eigenvalue weighted by atomic mass is 9.59. The Kier molecular flexibility index (Phi) is 12.3. The molecule has 0 amide bonds. The Morgan fingerprint density at radius 1 is 1.02 bits per heavy atom. The molecule has 1 spiro atoms. The molecule has 9 nitrogen and oxygen atoms in total. The number of carboxylic acid groups (broad SMARTS) is 1. The molecule has 1 saturated carbocycles. The van der Waals surface area contributed by atoms with E-state index in [9.17, 15) is 18.3 Å². The van der Waals surface area contributed by atoms with Crippen molar-refractivity contribution in [3.8, 4) is 11.5 Å². The Bertz CT molecular complexity index is 2100. The van der Waals surface area contributed by atoms with Gasteiger partial charge in [-0.25, -0.2) is 17.9 Å². The van der Waals surface area contributed by atoms with Crippen LogP contribution in [0.5, 0.6) is 11.5 Å². The lowest BCUT2D eigenvalue weighted by molar-refractivity contribution is -0.144. The lowest BCUT2D eigenvalue weighted by Crippen LogP contribution is -2.53. The van der Waals surface area contributed by atoms with Crippen LogP contribution in [-0.2, 0) is 39.6 Å². The minimum absolute atomic E-state index is 0.0329. The van der Waals surface area contributed by atoms with Crippen LogP contribution in [0.25, 0.3) is 0 Å². The Balaban J connectivity index is 1.06. The number of nitrogens with zero attached hydrogens (tertiary/aromatic N) is 1. The third-order valence-corrected chi connectivity index (χ3v) is 14.1. The molecule has 0 unspecified atom stereocenters. The molecular formula is C45H54ClN3O6S. The highest BCUT2D eigenvalue weighted by Gasteiger charge is 2.54. The zero-order chi connectivity index (χ0) is 39.3. The minimum atomic E-state index is -3.46. The highest BCUT2D eigenvalue weighted by Crippen LogP contribution is 2.57. The van der Waals surface area contributed by atoms with Gasteiger partial charge in [-0.1, -0.05) is 67.9 Å². The molecule has 3 N–H and O–H groups in total. The predicted molar refractivity (Wildman–Crippen MR) is 221 cm³/mol. The monoisotopic (exact) mass is 799 g/mol. The van der Waals surface area contributed by atoms with E-state index in [2.05, 4.69) is 41.0 Å². The Labute approximate surface area is 336 Å².